The second kappa shape index (κ2) is 8.36. The summed E-state index contributed by atoms with van der Waals surface area (Å²) in [5, 5.41) is 16.7. The Morgan fingerprint density at radius 3 is 2.64 bits per heavy atom. The molecule has 25 heavy (non-hydrogen) atoms. The number of ketones is 1. The average Bonchev–Trinajstić information content (AvgIpc) is 3.02. The number of benzene rings is 1. The molecule has 0 saturated heterocycles. The van der Waals surface area contributed by atoms with Gasteiger partial charge in [-0.15, -0.1) is 10.2 Å². The van der Waals surface area contributed by atoms with Gasteiger partial charge in [0.15, 0.2) is 11.7 Å². The van der Waals surface area contributed by atoms with Gasteiger partial charge in [0.2, 0.25) is 5.89 Å². The Bertz CT molecular complexity index is 802. The summed E-state index contributed by atoms with van der Waals surface area (Å²) in [7, 11) is 0. The summed E-state index contributed by atoms with van der Waals surface area (Å²) in [6.07, 6.45) is 0. The number of thioether (sulfide) groups is 1. The van der Waals surface area contributed by atoms with E-state index in [4.69, 9.17) is 9.68 Å². The van der Waals surface area contributed by atoms with Gasteiger partial charge in [0, 0.05) is 5.56 Å². The van der Waals surface area contributed by atoms with Gasteiger partial charge in [-0.2, -0.15) is 14.0 Å². The Balaban J connectivity index is 1.99. The lowest BCUT2D eigenvalue weighted by Gasteiger charge is -2.03. The molecule has 130 valence electrons. The van der Waals surface area contributed by atoms with Crippen molar-refractivity contribution in [1.29, 1.82) is 5.26 Å². The van der Waals surface area contributed by atoms with Gasteiger partial charge >= 0.3 is 6.61 Å². The minimum absolute atomic E-state index is 0.00871. The van der Waals surface area contributed by atoms with Crippen LogP contribution in [0.2, 0.25) is 0 Å². The quantitative estimate of drug-likeness (QED) is 0.708. The molecule has 2 aromatic rings. The number of hydrogen-bond donors (Lipinski definition) is 1. The van der Waals surface area contributed by atoms with Crippen LogP contribution in [0.4, 0.5) is 8.78 Å². The number of aromatic nitrogens is 2. The number of hydrogen-bond acceptors (Lipinski definition) is 7. The summed E-state index contributed by atoms with van der Waals surface area (Å²) in [5.74, 6) is -1.21. The van der Waals surface area contributed by atoms with Crippen LogP contribution in [0.1, 0.15) is 0 Å². The van der Waals surface area contributed by atoms with Crippen LogP contribution in [0.5, 0.6) is 5.75 Å². The number of allylic oxidation sites excluding steroid dienone is 1. The lowest BCUT2D eigenvalue weighted by molar-refractivity contribution is -0.309. The number of quaternary nitrogens is 1. The number of carbonyl (C=O) groups excluding carboxylic acids is 1. The summed E-state index contributed by atoms with van der Waals surface area (Å²) in [4.78, 5) is 11.9. The van der Waals surface area contributed by atoms with E-state index in [9.17, 15) is 13.6 Å². The van der Waals surface area contributed by atoms with E-state index < -0.39 is 12.5 Å². The molecule has 0 aliphatic carbocycles. The van der Waals surface area contributed by atoms with E-state index in [1.165, 1.54) is 24.3 Å². The summed E-state index contributed by atoms with van der Waals surface area (Å²) in [6.45, 7) is 0.597. The molecule has 0 aliphatic rings. The number of carbonyl (C=O) groups is 1. The van der Waals surface area contributed by atoms with E-state index in [2.05, 4.69) is 27.2 Å². The first-order chi connectivity index (χ1) is 11.9. The Kier molecular flexibility index (Phi) is 6.21. The van der Waals surface area contributed by atoms with Crippen molar-refractivity contribution >= 4 is 17.5 Å². The van der Waals surface area contributed by atoms with Crippen molar-refractivity contribution in [3.05, 3.63) is 36.5 Å². The zero-order chi connectivity index (χ0) is 18.4. The number of nitrogens with zero attached hydrogens (tertiary/aromatic N) is 3. The molecule has 2 rings (SSSR count). The second-order valence-corrected chi connectivity index (χ2v) is 5.68. The molecule has 1 atom stereocenters. The van der Waals surface area contributed by atoms with Crippen LogP contribution >= 0.6 is 11.8 Å². The van der Waals surface area contributed by atoms with Gasteiger partial charge in [-0.25, -0.2) is 0 Å². The Labute approximate surface area is 145 Å². The van der Waals surface area contributed by atoms with Gasteiger partial charge in [0.25, 0.3) is 5.22 Å². The highest BCUT2D eigenvalue weighted by Crippen LogP contribution is 2.26. The van der Waals surface area contributed by atoms with E-state index in [1.807, 2.05) is 6.07 Å². The third-order valence-electron chi connectivity index (χ3n) is 2.93. The number of nitriles is 1. The molecule has 1 aromatic carbocycles. The van der Waals surface area contributed by atoms with Gasteiger partial charge in [0.1, 0.15) is 11.4 Å². The Morgan fingerprint density at radius 2 is 2.08 bits per heavy atom. The zero-order valence-corrected chi connectivity index (χ0v) is 13.6. The van der Waals surface area contributed by atoms with Crippen LogP contribution < -0.4 is 10.5 Å². The molecule has 3 N–H and O–H groups in total. The maximum atomic E-state index is 12.1. The average molecular weight is 367 g/mol. The third-order valence-corrected chi connectivity index (χ3v) is 3.77. The lowest BCUT2D eigenvalue weighted by Crippen LogP contribution is -2.51. The molecule has 1 aromatic heterocycles. The summed E-state index contributed by atoms with van der Waals surface area (Å²) < 4.78 is 33.9. The van der Waals surface area contributed by atoms with Crippen molar-refractivity contribution in [2.45, 2.75) is 11.8 Å². The van der Waals surface area contributed by atoms with Crippen molar-refractivity contribution in [3.8, 4) is 23.3 Å². The highest BCUT2D eigenvalue weighted by atomic mass is 32.2. The minimum atomic E-state index is -2.90. The molecule has 0 saturated carbocycles. The highest BCUT2D eigenvalue weighted by Gasteiger charge is 2.23. The van der Waals surface area contributed by atoms with Crippen LogP contribution in [0, 0.1) is 17.2 Å². The largest absolute Gasteiger partial charge is 0.435 e. The standard InChI is InChI=1S/C15H12F2N4O3S/c1-8(19)11(6-18)12(22)7-25-15-21-20-13(24-15)9-2-4-10(5-3-9)23-14(16)17/h2-5,11,14H,1,7,19H2/p+1/t11-/m0/s1. The Morgan fingerprint density at radius 1 is 1.40 bits per heavy atom. The van der Waals surface area contributed by atoms with Crippen molar-refractivity contribution in [2.24, 2.45) is 5.92 Å². The predicted octanol–water partition coefficient (Wildman–Crippen LogP) is 1.89. The first kappa shape index (κ1) is 18.6. The van der Waals surface area contributed by atoms with Crippen LogP contribution in [0.15, 0.2) is 46.2 Å². The number of rotatable bonds is 8. The number of ether oxygens (including phenoxy) is 1. The maximum absolute atomic E-state index is 12.1. The van der Waals surface area contributed by atoms with E-state index in [0.717, 1.165) is 11.8 Å². The molecule has 0 aliphatic heterocycles. The molecule has 0 bridgehead atoms. The number of alkyl halides is 2. The normalized spacial score (nSPS) is 11.8. The van der Waals surface area contributed by atoms with Gasteiger partial charge in [-0.1, -0.05) is 11.8 Å². The lowest BCUT2D eigenvalue weighted by atomic mass is 10.1. The fourth-order valence-corrected chi connectivity index (χ4v) is 2.44. The van der Waals surface area contributed by atoms with E-state index in [0.29, 0.717) is 5.56 Å². The molecule has 7 nitrogen and oxygen atoms in total. The SMILES string of the molecule is C=C([NH3+])[C@H](C#N)C(=O)CSc1nnc(-c2ccc(OC(F)F)cc2)o1. The summed E-state index contributed by atoms with van der Waals surface area (Å²) >= 11 is 0.983. The van der Waals surface area contributed by atoms with E-state index >= 15 is 0 Å². The maximum Gasteiger partial charge on any atom is 0.387 e. The molecule has 0 unspecified atom stereocenters. The molecule has 0 spiro atoms. The monoisotopic (exact) mass is 367 g/mol. The van der Waals surface area contributed by atoms with Gasteiger partial charge in [0.05, 0.1) is 11.8 Å². The smallest absolute Gasteiger partial charge is 0.387 e. The van der Waals surface area contributed by atoms with Crippen LogP contribution in [-0.2, 0) is 4.79 Å². The molecular formula is C15H13F2N4O3S+. The Hall–Kier alpha value is -2.77. The number of Topliss-reactive ketones (excluding diaryl/α,β-unsaturated/α-hetero) is 1. The molecule has 0 fully saturated rings. The predicted molar refractivity (Wildman–Crippen MR) is 83.2 cm³/mol. The summed E-state index contributed by atoms with van der Waals surface area (Å²) in [6, 6.07) is 7.50. The molecule has 0 radical (unpaired) electrons. The second-order valence-electron chi connectivity index (χ2n) is 4.75. The first-order valence-corrected chi connectivity index (χ1v) is 7.84. The fourth-order valence-electron chi connectivity index (χ4n) is 1.77. The summed E-state index contributed by atoms with van der Waals surface area (Å²) in [5.41, 5.74) is 4.23. The molecule has 0 amide bonds. The van der Waals surface area contributed by atoms with Crippen molar-refractivity contribution in [3.63, 3.8) is 0 Å². The van der Waals surface area contributed by atoms with Crippen molar-refractivity contribution in [1.82, 2.24) is 10.2 Å². The minimum Gasteiger partial charge on any atom is -0.435 e. The third kappa shape index (κ3) is 5.10. The first-order valence-electron chi connectivity index (χ1n) is 6.85. The molecular weight excluding hydrogens is 354 g/mol. The van der Waals surface area contributed by atoms with Crippen molar-refractivity contribution in [2.75, 3.05) is 5.75 Å². The van der Waals surface area contributed by atoms with Crippen molar-refractivity contribution < 1.29 is 28.5 Å². The van der Waals surface area contributed by atoms with E-state index in [1.54, 1.807) is 0 Å². The van der Waals surface area contributed by atoms with Crippen LogP contribution in [0.25, 0.3) is 11.5 Å². The fraction of sp³-hybridized carbons (Fsp3) is 0.200. The van der Waals surface area contributed by atoms with E-state index in [-0.39, 0.29) is 34.1 Å². The highest BCUT2D eigenvalue weighted by molar-refractivity contribution is 7.99. The molecule has 10 heteroatoms. The van der Waals surface area contributed by atoms with Gasteiger partial charge in [-0.3, -0.25) is 4.79 Å². The molecule has 1 heterocycles. The van der Waals surface area contributed by atoms with Gasteiger partial charge in [-0.05, 0) is 30.8 Å². The van der Waals surface area contributed by atoms with Crippen LogP contribution in [-0.4, -0.2) is 28.3 Å². The van der Waals surface area contributed by atoms with Gasteiger partial charge < -0.3 is 14.9 Å². The zero-order valence-electron chi connectivity index (χ0n) is 12.8. The van der Waals surface area contributed by atoms with Crippen LogP contribution in [0.3, 0.4) is 0 Å². The number of halogens is 2. The topological polar surface area (TPSA) is 117 Å².